The summed E-state index contributed by atoms with van der Waals surface area (Å²) in [6.45, 7) is 4.77. The van der Waals surface area contributed by atoms with Gasteiger partial charge in [0.25, 0.3) is 0 Å². The van der Waals surface area contributed by atoms with E-state index in [0.29, 0.717) is 11.7 Å². The second-order valence-electron chi connectivity index (χ2n) is 6.41. The minimum Gasteiger partial charge on any atom is -0.494 e. The van der Waals surface area contributed by atoms with Gasteiger partial charge in [0.05, 0.1) is 12.8 Å². The largest absolute Gasteiger partial charge is 0.494 e. The number of ether oxygens (including phenoxy) is 1. The summed E-state index contributed by atoms with van der Waals surface area (Å²) in [7, 11) is 1.48. The van der Waals surface area contributed by atoms with Crippen molar-refractivity contribution in [2.45, 2.75) is 19.0 Å². The van der Waals surface area contributed by atoms with Gasteiger partial charge in [-0.2, -0.15) is 0 Å². The Morgan fingerprint density at radius 3 is 2.84 bits per heavy atom. The Morgan fingerprint density at radius 2 is 2.04 bits per heavy atom. The first-order valence-electron chi connectivity index (χ1n) is 8.82. The third kappa shape index (κ3) is 4.94. The van der Waals surface area contributed by atoms with Gasteiger partial charge in [-0.15, -0.1) is 0 Å². The van der Waals surface area contributed by atoms with E-state index in [2.05, 4.69) is 39.8 Å². The Kier molecular flexibility index (Phi) is 6.25. The lowest BCUT2D eigenvalue weighted by atomic mass is 10.1. The van der Waals surface area contributed by atoms with Gasteiger partial charge < -0.3 is 15.4 Å². The normalized spacial score (nSPS) is 18.1. The van der Waals surface area contributed by atoms with Crippen LogP contribution in [0.5, 0.6) is 5.75 Å². The quantitative estimate of drug-likeness (QED) is 0.810. The van der Waals surface area contributed by atoms with Gasteiger partial charge in [0.1, 0.15) is 0 Å². The van der Waals surface area contributed by atoms with E-state index in [1.807, 2.05) is 6.07 Å². The Morgan fingerprint density at radius 1 is 1.20 bits per heavy atom. The highest BCUT2D eigenvalue weighted by atomic mass is 19.1. The standard InChI is InChI=1S/C20H26FN3O/c1-25-19-9-5-8-18(20(19)21)23-11-10-17-15-24(13-12-22-17)14-16-6-3-2-4-7-16/h2-9,17,22-23H,10-15H2,1H3/t17-/m1/s1. The summed E-state index contributed by atoms with van der Waals surface area (Å²) in [5.74, 6) is -0.0536. The zero-order chi connectivity index (χ0) is 17.5. The van der Waals surface area contributed by atoms with E-state index in [1.54, 1.807) is 18.2 Å². The Labute approximate surface area is 149 Å². The molecule has 1 aliphatic heterocycles. The monoisotopic (exact) mass is 343 g/mol. The smallest absolute Gasteiger partial charge is 0.188 e. The molecule has 0 bridgehead atoms. The number of hydrogen-bond acceptors (Lipinski definition) is 4. The number of methoxy groups -OCH3 is 1. The molecule has 4 nitrogen and oxygen atoms in total. The number of piperazine rings is 1. The lowest BCUT2D eigenvalue weighted by molar-refractivity contribution is 0.189. The summed E-state index contributed by atoms with van der Waals surface area (Å²) in [5.41, 5.74) is 1.84. The first-order chi connectivity index (χ1) is 12.3. The first-order valence-corrected chi connectivity index (χ1v) is 8.82. The number of anilines is 1. The van der Waals surface area contributed by atoms with Gasteiger partial charge in [0.15, 0.2) is 11.6 Å². The van der Waals surface area contributed by atoms with Gasteiger partial charge in [-0.25, -0.2) is 4.39 Å². The number of hydrogen-bond donors (Lipinski definition) is 2. The van der Waals surface area contributed by atoms with E-state index in [9.17, 15) is 4.39 Å². The third-order valence-electron chi connectivity index (χ3n) is 4.58. The molecule has 1 saturated heterocycles. The number of halogens is 1. The van der Waals surface area contributed by atoms with Crippen LogP contribution in [0.25, 0.3) is 0 Å². The first kappa shape index (κ1) is 17.7. The van der Waals surface area contributed by atoms with Crippen molar-refractivity contribution in [2.24, 2.45) is 0 Å². The highest BCUT2D eigenvalue weighted by Gasteiger charge is 2.19. The summed E-state index contributed by atoms with van der Waals surface area (Å²) in [4.78, 5) is 2.47. The molecule has 134 valence electrons. The second kappa shape index (κ2) is 8.83. The molecule has 0 radical (unpaired) electrons. The van der Waals surface area contributed by atoms with Crippen molar-refractivity contribution in [1.82, 2.24) is 10.2 Å². The van der Waals surface area contributed by atoms with Crippen molar-refractivity contribution in [3.8, 4) is 5.75 Å². The van der Waals surface area contributed by atoms with E-state index in [1.165, 1.54) is 12.7 Å². The zero-order valence-corrected chi connectivity index (χ0v) is 14.7. The van der Waals surface area contributed by atoms with Crippen molar-refractivity contribution >= 4 is 5.69 Å². The van der Waals surface area contributed by atoms with E-state index < -0.39 is 0 Å². The average molecular weight is 343 g/mol. The number of nitrogens with zero attached hydrogens (tertiary/aromatic N) is 1. The van der Waals surface area contributed by atoms with E-state index in [-0.39, 0.29) is 11.6 Å². The molecule has 0 aliphatic carbocycles. The molecular weight excluding hydrogens is 317 g/mol. The van der Waals surface area contributed by atoms with Crippen LogP contribution in [0.4, 0.5) is 10.1 Å². The second-order valence-corrected chi connectivity index (χ2v) is 6.41. The van der Waals surface area contributed by atoms with Gasteiger partial charge in [-0.05, 0) is 24.1 Å². The van der Waals surface area contributed by atoms with Crippen LogP contribution in [0.1, 0.15) is 12.0 Å². The zero-order valence-electron chi connectivity index (χ0n) is 14.7. The van der Waals surface area contributed by atoms with Crippen LogP contribution < -0.4 is 15.4 Å². The molecule has 0 unspecified atom stereocenters. The van der Waals surface area contributed by atoms with Crippen LogP contribution in [-0.2, 0) is 6.54 Å². The van der Waals surface area contributed by atoms with E-state index in [0.717, 1.165) is 39.1 Å². The number of rotatable bonds is 7. The summed E-state index contributed by atoms with van der Waals surface area (Å²) in [6.07, 6.45) is 0.946. The summed E-state index contributed by atoms with van der Waals surface area (Å²) >= 11 is 0. The summed E-state index contributed by atoms with van der Waals surface area (Å²) in [6, 6.07) is 16.1. The minimum absolute atomic E-state index is 0.273. The molecule has 0 spiro atoms. The maximum atomic E-state index is 14.1. The van der Waals surface area contributed by atoms with Crippen molar-refractivity contribution in [2.75, 3.05) is 38.6 Å². The molecule has 0 saturated carbocycles. The van der Waals surface area contributed by atoms with Gasteiger partial charge in [0.2, 0.25) is 0 Å². The van der Waals surface area contributed by atoms with Crippen LogP contribution in [0.2, 0.25) is 0 Å². The Bertz CT molecular complexity index is 665. The fourth-order valence-electron chi connectivity index (χ4n) is 3.26. The molecule has 0 amide bonds. The van der Waals surface area contributed by atoms with Gasteiger partial charge in [0, 0.05) is 38.8 Å². The van der Waals surface area contributed by atoms with Crippen molar-refractivity contribution in [3.05, 3.63) is 59.9 Å². The highest BCUT2D eigenvalue weighted by molar-refractivity contribution is 5.50. The minimum atomic E-state index is -0.327. The lowest BCUT2D eigenvalue weighted by Gasteiger charge is -2.34. The fraction of sp³-hybridized carbons (Fsp3) is 0.400. The molecule has 3 rings (SSSR count). The molecule has 5 heteroatoms. The summed E-state index contributed by atoms with van der Waals surface area (Å²) < 4.78 is 19.2. The summed E-state index contributed by atoms with van der Waals surface area (Å²) in [5, 5.41) is 6.74. The van der Waals surface area contributed by atoms with E-state index >= 15 is 0 Å². The van der Waals surface area contributed by atoms with E-state index in [4.69, 9.17) is 4.74 Å². The van der Waals surface area contributed by atoms with Crippen molar-refractivity contribution in [1.29, 1.82) is 0 Å². The Balaban J connectivity index is 1.47. The molecule has 0 aromatic heterocycles. The van der Waals surface area contributed by atoms with Crippen molar-refractivity contribution in [3.63, 3.8) is 0 Å². The average Bonchev–Trinajstić information content (AvgIpc) is 2.64. The molecule has 2 N–H and O–H groups in total. The SMILES string of the molecule is COc1cccc(NCC[C@@H]2CN(Cc3ccccc3)CCN2)c1F. The topological polar surface area (TPSA) is 36.5 Å². The van der Waals surface area contributed by atoms with Crippen LogP contribution in [0.3, 0.4) is 0 Å². The molecule has 2 aromatic rings. The van der Waals surface area contributed by atoms with Crippen LogP contribution in [-0.4, -0.2) is 44.2 Å². The lowest BCUT2D eigenvalue weighted by Crippen LogP contribution is -2.50. The van der Waals surface area contributed by atoms with Crippen LogP contribution in [0, 0.1) is 5.82 Å². The fourth-order valence-corrected chi connectivity index (χ4v) is 3.26. The molecule has 1 heterocycles. The number of nitrogens with one attached hydrogen (secondary N) is 2. The molecule has 2 aromatic carbocycles. The van der Waals surface area contributed by atoms with Crippen molar-refractivity contribution < 1.29 is 9.13 Å². The molecular formula is C20H26FN3O. The molecule has 1 fully saturated rings. The predicted molar refractivity (Wildman–Crippen MR) is 99.6 cm³/mol. The van der Waals surface area contributed by atoms with Crippen LogP contribution >= 0.6 is 0 Å². The Hall–Kier alpha value is -2.11. The third-order valence-corrected chi connectivity index (χ3v) is 4.58. The molecule has 1 aliphatic rings. The predicted octanol–water partition coefficient (Wildman–Crippen LogP) is 3.11. The van der Waals surface area contributed by atoms with Gasteiger partial charge in [-0.3, -0.25) is 4.90 Å². The highest BCUT2D eigenvalue weighted by Crippen LogP contribution is 2.23. The van der Waals surface area contributed by atoms with Gasteiger partial charge >= 0.3 is 0 Å². The van der Waals surface area contributed by atoms with Gasteiger partial charge in [-0.1, -0.05) is 36.4 Å². The molecule has 1 atom stereocenters. The number of benzene rings is 2. The maximum absolute atomic E-state index is 14.1. The molecule has 25 heavy (non-hydrogen) atoms. The van der Waals surface area contributed by atoms with Crippen LogP contribution in [0.15, 0.2) is 48.5 Å². The maximum Gasteiger partial charge on any atom is 0.188 e.